The number of imidazole rings is 1. The predicted molar refractivity (Wildman–Crippen MR) is 440 cm³/mol. The molecule has 0 unspecified atom stereocenters. The zero-order valence-corrected chi connectivity index (χ0v) is 67.4. The average molecular weight is 1670 g/mol. The summed E-state index contributed by atoms with van der Waals surface area (Å²) in [5.74, 6) is -15.8. The van der Waals surface area contributed by atoms with Crippen molar-refractivity contribution in [2.24, 2.45) is 17.4 Å². The van der Waals surface area contributed by atoms with E-state index >= 15 is 0 Å². The van der Waals surface area contributed by atoms with Gasteiger partial charge in [0.15, 0.2) is 5.96 Å². The van der Waals surface area contributed by atoms with E-state index in [2.05, 4.69) is 132 Å². The number of nitrogens with two attached hydrogens (primary N) is 2. The van der Waals surface area contributed by atoms with Crippen LogP contribution >= 0.6 is 37.9 Å². The summed E-state index contributed by atoms with van der Waals surface area (Å²) in [6.07, 6.45) is 5.22. The lowest BCUT2D eigenvalue weighted by Crippen LogP contribution is -2.61. The molecule has 37 nitrogen and oxygen atoms in total. The molecule has 0 saturated heterocycles. The van der Waals surface area contributed by atoms with Gasteiger partial charge in [-0.3, -0.25) is 77.3 Å². The first-order valence-corrected chi connectivity index (χ1v) is 39.7. The third-order valence-electron chi connectivity index (χ3n) is 18.3. The molecular formula is C76H105N21O16S3. The van der Waals surface area contributed by atoms with Gasteiger partial charge in [-0.05, 0) is 66.8 Å². The SMILES string of the molecule is CCCCCNC(=O)[C@H](CS)NC(=O)[C@H](Cc1ccccc1)NC(=O)CNC(=O)[C@H](CCCNC(=N)N)NC(=O)[C@H](Cc1c[nH]c2ccccc12)NC(=O)[C@H](CS)NC(=O)[C@H](CC(N)=O)NC(=O)[C@H](CCC(=O)O)NC(=O)[C@H](CC(C)C)NC(=O)[C@H](Cc1c[nH]c2ccccc12)NC(=O)[C@H](Cc1c[nH]cn1)NC(=O)[C@H](CS)NC(C)=O. The number of H-pyrrole nitrogens is 3. The van der Waals surface area contributed by atoms with Crippen LogP contribution in [0.3, 0.4) is 0 Å². The van der Waals surface area contributed by atoms with Gasteiger partial charge in [-0.2, -0.15) is 37.9 Å². The number of hydrogen-bond acceptors (Lipinski definition) is 20. The van der Waals surface area contributed by atoms with Gasteiger partial charge in [0.05, 0.1) is 25.0 Å². The van der Waals surface area contributed by atoms with E-state index in [1.807, 2.05) is 6.92 Å². The van der Waals surface area contributed by atoms with E-state index in [4.69, 9.17) is 16.9 Å². The summed E-state index contributed by atoms with van der Waals surface area (Å²) in [4.78, 5) is 222. The number of amides is 14. The lowest BCUT2D eigenvalue weighted by Gasteiger charge is -2.28. The quantitative estimate of drug-likeness (QED) is 0.00872. The van der Waals surface area contributed by atoms with E-state index in [0.717, 1.165) is 12.8 Å². The molecule has 40 heteroatoms. The Bertz CT molecular complexity index is 4380. The number of aromatic amines is 3. The second-order valence-electron chi connectivity index (χ2n) is 28.0. The van der Waals surface area contributed by atoms with Crippen molar-refractivity contribution >= 4 is 154 Å². The number of fused-ring (bicyclic) bond motifs is 2. The average Bonchev–Trinajstić information content (AvgIpc) is 1.66. The van der Waals surface area contributed by atoms with Crippen molar-refractivity contribution in [2.75, 3.05) is 36.9 Å². The molecule has 0 bridgehead atoms. The molecule has 23 N–H and O–H groups in total. The van der Waals surface area contributed by atoms with Crippen LogP contribution in [0.1, 0.15) is 108 Å². The minimum Gasteiger partial charge on any atom is -0.481 e. The summed E-state index contributed by atoms with van der Waals surface area (Å²) in [5, 5.41) is 55.0. The highest BCUT2D eigenvalue weighted by Gasteiger charge is 2.38. The van der Waals surface area contributed by atoms with Crippen molar-refractivity contribution in [1.29, 1.82) is 5.41 Å². The molecule has 0 aliphatic rings. The Morgan fingerprint density at radius 3 is 1.40 bits per heavy atom. The van der Waals surface area contributed by atoms with Crippen LogP contribution in [-0.2, 0) is 97.6 Å². The molecule has 3 aromatic heterocycles. The monoisotopic (exact) mass is 1660 g/mol. The van der Waals surface area contributed by atoms with Crippen LogP contribution in [0, 0.1) is 11.3 Å². The van der Waals surface area contributed by atoms with Gasteiger partial charge in [-0.1, -0.05) is 100 Å². The van der Waals surface area contributed by atoms with Crippen LogP contribution in [0.25, 0.3) is 21.8 Å². The Hall–Kier alpha value is -11.7. The minimum absolute atomic E-state index is 0.0317. The van der Waals surface area contributed by atoms with Crippen molar-refractivity contribution in [3.63, 3.8) is 0 Å². The van der Waals surface area contributed by atoms with Gasteiger partial charge in [0.25, 0.3) is 0 Å². The Labute approximate surface area is 685 Å². The molecule has 0 radical (unpaired) electrons. The van der Waals surface area contributed by atoms with Crippen molar-refractivity contribution in [3.05, 3.63) is 126 Å². The summed E-state index contributed by atoms with van der Waals surface area (Å²) < 4.78 is 0. The van der Waals surface area contributed by atoms with Gasteiger partial charge in [0, 0.05) is 110 Å². The molecule has 628 valence electrons. The number of aromatic nitrogens is 4. The number of primary amides is 1. The molecule has 0 aliphatic carbocycles. The molecule has 116 heavy (non-hydrogen) atoms. The second kappa shape index (κ2) is 47.9. The number of hydrogen-bond donors (Lipinski definition) is 24. The number of carbonyl (C=O) groups excluding carboxylic acids is 14. The van der Waals surface area contributed by atoms with Crippen LogP contribution < -0.4 is 85.9 Å². The lowest BCUT2D eigenvalue weighted by atomic mass is 9.99. The van der Waals surface area contributed by atoms with Crippen molar-refractivity contribution < 1.29 is 77.0 Å². The zero-order chi connectivity index (χ0) is 85.0. The first-order valence-electron chi connectivity index (χ1n) is 37.8. The van der Waals surface area contributed by atoms with Crippen LogP contribution in [0.5, 0.6) is 0 Å². The fourth-order valence-corrected chi connectivity index (χ4v) is 13.1. The molecule has 0 fully saturated rings. The Morgan fingerprint density at radius 1 is 0.466 bits per heavy atom. The number of unbranched alkanes of at least 4 members (excludes halogenated alkanes) is 2. The van der Waals surface area contributed by atoms with Gasteiger partial charge in [0.1, 0.15) is 66.5 Å². The standard InChI is InChI=1S/C76H105N21O16S3/c1-5-6-14-25-81-66(104)59(37-114)96-69(107)54(28-43-16-8-7-9-17-43)88-63(100)36-85-65(103)51(22-15-26-82-76(78)79)89-70(108)55(29-44-33-83-49-20-12-10-18-47(44)49)93-75(113)61(39-116)97-73(111)58(32-62(77)99)95-67(105)52(23-24-64(101)102)90-68(106)53(27-41(2)3)91-71(109)56(30-45-34-84-50-21-13-11-19-48(45)50)92-72(110)57(31-46-35-80-40-86-46)94-74(112)60(38-115)87-42(4)98/h7-13,16-21,33-35,40-41,51-61,83-84,114-116H,5-6,14-15,22-32,36-39H2,1-4H3,(H2,77,99)(H,80,86)(H,81,104)(H,85,103)(H,87,98)(H,88,100)(H,89,108)(H,90,106)(H,91,109)(H,92,110)(H,93,113)(H,94,112)(H,95,105)(H,96,107)(H,97,111)(H,101,102)(H4,78,79,82)/t51-,52-,53-,54-,55-,56-,57-,58-,59-,60-,61-/m0/s1. The smallest absolute Gasteiger partial charge is 0.303 e. The molecule has 0 spiro atoms. The van der Waals surface area contributed by atoms with Crippen LogP contribution in [-0.4, -0.2) is 223 Å². The number of carbonyl (C=O) groups is 15. The van der Waals surface area contributed by atoms with E-state index < -0.39 is 193 Å². The molecular weight excluding hydrogens is 1560 g/mol. The number of thiol groups is 3. The lowest BCUT2D eigenvalue weighted by molar-refractivity contribution is -0.139. The van der Waals surface area contributed by atoms with Crippen molar-refractivity contribution in [1.82, 2.24) is 94.4 Å². The van der Waals surface area contributed by atoms with E-state index in [9.17, 15) is 77.0 Å². The number of guanidine groups is 1. The Balaban J connectivity index is 1.22. The minimum atomic E-state index is -1.96. The summed E-state index contributed by atoms with van der Waals surface area (Å²) >= 11 is 12.8. The molecule has 0 saturated carbocycles. The number of para-hydroxylation sites is 2. The van der Waals surface area contributed by atoms with Gasteiger partial charge in [-0.15, -0.1) is 0 Å². The van der Waals surface area contributed by atoms with Gasteiger partial charge < -0.3 is 106 Å². The third kappa shape index (κ3) is 30.9. The largest absolute Gasteiger partial charge is 0.481 e. The van der Waals surface area contributed by atoms with E-state index in [1.165, 1.54) is 19.4 Å². The van der Waals surface area contributed by atoms with E-state index in [0.29, 0.717) is 57.2 Å². The Morgan fingerprint density at radius 2 is 0.897 bits per heavy atom. The summed E-state index contributed by atoms with van der Waals surface area (Å²) in [6.45, 7) is 6.28. The topological polar surface area (TPSA) is 581 Å². The highest BCUT2D eigenvalue weighted by Crippen LogP contribution is 2.22. The summed E-state index contributed by atoms with van der Waals surface area (Å²) in [5.41, 5.74) is 14.5. The fraction of sp³-hybridized carbons (Fsp3) is 0.461. The first kappa shape index (κ1) is 93.2. The van der Waals surface area contributed by atoms with Gasteiger partial charge >= 0.3 is 5.97 Å². The number of carboxylic acid groups (broad SMARTS) is 1. The van der Waals surface area contributed by atoms with Crippen LogP contribution in [0.4, 0.5) is 0 Å². The zero-order valence-electron chi connectivity index (χ0n) is 64.7. The predicted octanol–water partition coefficient (Wildman–Crippen LogP) is -1.74. The van der Waals surface area contributed by atoms with Gasteiger partial charge in [-0.25, -0.2) is 4.98 Å². The molecule has 0 aliphatic heterocycles. The maximum atomic E-state index is 14.9. The second-order valence-corrected chi connectivity index (χ2v) is 29.1. The molecule has 6 rings (SSSR count). The van der Waals surface area contributed by atoms with E-state index in [-0.39, 0.29) is 68.9 Å². The molecule has 3 heterocycles. The molecule has 6 aromatic rings. The highest BCUT2D eigenvalue weighted by atomic mass is 32.1. The maximum Gasteiger partial charge on any atom is 0.303 e. The number of benzene rings is 3. The van der Waals surface area contributed by atoms with Crippen LogP contribution in [0.15, 0.2) is 104 Å². The summed E-state index contributed by atoms with van der Waals surface area (Å²) in [6, 6.07) is 6.15. The fourth-order valence-electron chi connectivity index (χ4n) is 12.3. The maximum absolute atomic E-state index is 14.9. The summed E-state index contributed by atoms with van der Waals surface area (Å²) in [7, 11) is 0. The molecule has 11 atom stereocenters. The number of carboxylic acids is 1. The molecule has 14 amide bonds. The third-order valence-corrected chi connectivity index (χ3v) is 19.4. The van der Waals surface area contributed by atoms with Gasteiger partial charge in [0.2, 0.25) is 82.7 Å². The van der Waals surface area contributed by atoms with Crippen molar-refractivity contribution in [3.8, 4) is 0 Å². The normalized spacial score (nSPS) is 14.0. The number of nitrogens with one attached hydrogen (secondary N) is 18. The number of nitrogens with zero attached hydrogens (tertiary/aromatic N) is 1. The van der Waals surface area contributed by atoms with Crippen molar-refractivity contribution in [2.45, 2.75) is 178 Å². The van der Waals surface area contributed by atoms with E-state index in [1.54, 1.807) is 105 Å². The number of rotatable bonds is 50. The molecule has 3 aromatic carbocycles. The highest BCUT2D eigenvalue weighted by molar-refractivity contribution is 7.80. The number of aliphatic carboxylic acids is 1. The first-order chi connectivity index (χ1) is 55.4. The Kier molecular flexibility index (Phi) is 38.5. The van der Waals surface area contributed by atoms with Crippen LogP contribution in [0.2, 0.25) is 0 Å².